The number of esters is 1. The molecule has 1 unspecified atom stereocenters. The molecular formula is C26H38N2O3. The summed E-state index contributed by atoms with van der Waals surface area (Å²) in [7, 11) is 0. The van der Waals surface area contributed by atoms with Gasteiger partial charge in [0, 0.05) is 24.6 Å². The van der Waals surface area contributed by atoms with E-state index >= 15 is 0 Å². The van der Waals surface area contributed by atoms with Crippen LogP contribution in [-0.2, 0) is 16.0 Å². The minimum absolute atomic E-state index is 0.272. The molecule has 0 spiro atoms. The molecule has 1 heterocycles. The van der Waals surface area contributed by atoms with Crippen molar-refractivity contribution in [3.8, 4) is 17.1 Å². The van der Waals surface area contributed by atoms with Gasteiger partial charge in [0.25, 0.3) is 0 Å². The third-order valence-electron chi connectivity index (χ3n) is 5.27. The van der Waals surface area contributed by atoms with E-state index in [9.17, 15) is 4.79 Å². The number of unbranched alkanes of at least 4 members (excludes halogenated alkanes) is 6. The number of carbonyl (C=O) groups excluding carboxylic acids is 1. The number of benzene rings is 1. The lowest BCUT2D eigenvalue weighted by atomic mass is 10.1. The fraction of sp³-hybridized carbons (Fsp3) is 0.577. The highest BCUT2D eigenvalue weighted by Gasteiger charge is 2.16. The Morgan fingerprint density at radius 3 is 2.23 bits per heavy atom. The summed E-state index contributed by atoms with van der Waals surface area (Å²) >= 11 is 0. The molecule has 0 saturated carbocycles. The lowest BCUT2D eigenvalue weighted by Gasteiger charge is -2.12. The van der Waals surface area contributed by atoms with Crippen LogP contribution in [0.25, 0.3) is 11.4 Å². The molecule has 2 aromatic rings. The first-order valence-corrected chi connectivity index (χ1v) is 11.8. The van der Waals surface area contributed by atoms with E-state index in [1.54, 1.807) is 12.1 Å². The van der Waals surface area contributed by atoms with Crippen molar-refractivity contribution in [2.75, 3.05) is 13.2 Å². The Morgan fingerprint density at radius 2 is 1.55 bits per heavy atom. The van der Waals surface area contributed by atoms with Crippen LogP contribution in [0.3, 0.4) is 0 Å². The van der Waals surface area contributed by atoms with E-state index in [2.05, 4.69) is 23.8 Å². The van der Waals surface area contributed by atoms with Gasteiger partial charge in [-0.05, 0) is 56.0 Å². The summed E-state index contributed by atoms with van der Waals surface area (Å²) in [6.45, 7) is 7.34. The minimum atomic E-state index is -0.293. The Morgan fingerprint density at radius 1 is 0.903 bits per heavy atom. The van der Waals surface area contributed by atoms with E-state index in [1.165, 1.54) is 50.5 Å². The van der Waals surface area contributed by atoms with Crippen molar-refractivity contribution >= 4 is 5.97 Å². The highest BCUT2D eigenvalue weighted by atomic mass is 16.5. The lowest BCUT2D eigenvalue weighted by Crippen LogP contribution is -2.22. The van der Waals surface area contributed by atoms with Crippen LogP contribution in [0.4, 0.5) is 0 Å². The van der Waals surface area contributed by atoms with Gasteiger partial charge in [-0.15, -0.1) is 0 Å². The van der Waals surface area contributed by atoms with Gasteiger partial charge in [-0.25, -0.2) is 9.97 Å². The summed E-state index contributed by atoms with van der Waals surface area (Å²) in [6, 6.07) is 7.33. The fourth-order valence-electron chi connectivity index (χ4n) is 3.24. The Bertz CT molecular complexity index is 744. The number of aryl methyl sites for hydroxylation is 1. The average molecular weight is 427 g/mol. The summed E-state index contributed by atoms with van der Waals surface area (Å²) < 4.78 is 11.1. The summed E-state index contributed by atoms with van der Waals surface area (Å²) in [6.07, 6.45) is 14.4. The van der Waals surface area contributed by atoms with Gasteiger partial charge < -0.3 is 9.47 Å². The van der Waals surface area contributed by atoms with Gasteiger partial charge in [-0.3, -0.25) is 4.79 Å². The number of carbonyl (C=O) groups is 1. The summed E-state index contributed by atoms with van der Waals surface area (Å²) in [5, 5.41) is 0. The van der Waals surface area contributed by atoms with E-state index in [0.717, 1.165) is 18.4 Å². The monoisotopic (exact) mass is 426 g/mol. The number of rotatable bonds is 15. The van der Waals surface area contributed by atoms with Crippen molar-refractivity contribution in [3.63, 3.8) is 0 Å². The van der Waals surface area contributed by atoms with Crippen LogP contribution in [0.1, 0.15) is 77.7 Å². The van der Waals surface area contributed by atoms with Crippen LogP contribution in [0.15, 0.2) is 36.7 Å². The van der Waals surface area contributed by atoms with Crippen LogP contribution in [0.2, 0.25) is 0 Å². The Labute approximate surface area is 187 Å². The predicted octanol–water partition coefficient (Wildman–Crippen LogP) is 6.40. The summed E-state index contributed by atoms with van der Waals surface area (Å²) in [5.41, 5.74) is 2.07. The van der Waals surface area contributed by atoms with Crippen molar-refractivity contribution in [2.24, 2.45) is 5.92 Å². The maximum Gasteiger partial charge on any atom is 0.316 e. The van der Waals surface area contributed by atoms with Crippen molar-refractivity contribution in [1.82, 2.24) is 9.97 Å². The zero-order chi connectivity index (χ0) is 22.3. The van der Waals surface area contributed by atoms with Crippen molar-refractivity contribution in [3.05, 3.63) is 42.2 Å². The Kier molecular flexibility index (Phi) is 11.8. The molecule has 31 heavy (non-hydrogen) atoms. The molecule has 0 bridgehead atoms. The quantitative estimate of drug-likeness (QED) is 0.187. The van der Waals surface area contributed by atoms with E-state index in [1.807, 2.05) is 31.5 Å². The van der Waals surface area contributed by atoms with E-state index in [0.29, 0.717) is 24.8 Å². The SMILES string of the molecule is CCCCCCCOCC(C)C(=O)Oc1ccc(-c2ncc(CCCCC)cn2)cc1. The molecule has 0 aliphatic heterocycles. The Balaban J connectivity index is 1.75. The molecule has 0 N–H and O–H groups in total. The first-order valence-electron chi connectivity index (χ1n) is 11.8. The minimum Gasteiger partial charge on any atom is -0.426 e. The Hall–Kier alpha value is -2.27. The number of aromatic nitrogens is 2. The molecular weight excluding hydrogens is 388 g/mol. The van der Waals surface area contributed by atoms with Gasteiger partial charge in [0.15, 0.2) is 5.82 Å². The maximum absolute atomic E-state index is 12.3. The lowest BCUT2D eigenvalue weighted by molar-refractivity contribution is -0.140. The zero-order valence-corrected chi connectivity index (χ0v) is 19.4. The maximum atomic E-state index is 12.3. The second-order valence-electron chi connectivity index (χ2n) is 8.21. The zero-order valence-electron chi connectivity index (χ0n) is 19.4. The molecule has 170 valence electrons. The van der Waals surface area contributed by atoms with Gasteiger partial charge in [-0.1, -0.05) is 52.4 Å². The molecule has 1 aromatic heterocycles. The van der Waals surface area contributed by atoms with E-state index in [-0.39, 0.29) is 11.9 Å². The van der Waals surface area contributed by atoms with E-state index < -0.39 is 0 Å². The largest absolute Gasteiger partial charge is 0.426 e. The summed E-state index contributed by atoms with van der Waals surface area (Å²) in [5.74, 6) is 0.638. The second-order valence-corrected chi connectivity index (χ2v) is 8.21. The topological polar surface area (TPSA) is 61.3 Å². The highest BCUT2D eigenvalue weighted by Crippen LogP contribution is 2.20. The van der Waals surface area contributed by atoms with Crippen molar-refractivity contribution in [1.29, 1.82) is 0 Å². The molecule has 0 fully saturated rings. The predicted molar refractivity (Wildman–Crippen MR) is 125 cm³/mol. The third-order valence-corrected chi connectivity index (χ3v) is 5.27. The molecule has 0 saturated heterocycles. The number of ether oxygens (including phenoxy) is 2. The van der Waals surface area contributed by atoms with Gasteiger partial charge >= 0.3 is 5.97 Å². The molecule has 0 radical (unpaired) electrons. The fourth-order valence-corrected chi connectivity index (χ4v) is 3.24. The van der Waals surface area contributed by atoms with Gasteiger partial charge in [-0.2, -0.15) is 0 Å². The molecule has 0 amide bonds. The first-order chi connectivity index (χ1) is 15.1. The summed E-state index contributed by atoms with van der Waals surface area (Å²) in [4.78, 5) is 21.2. The van der Waals surface area contributed by atoms with Gasteiger partial charge in [0.1, 0.15) is 5.75 Å². The molecule has 1 aromatic carbocycles. The highest BCUT2D eigenvalue weighted by molar-refractivity contribution is 5.75. The van der Waals surface area contributed by atoms with Crippen molar-refractivity contribution in [2.45, 2.75) is 78.6 Å². The van der Waals surface area contributed by atoms with Gasteiger partial charge in [0.05, 0.1) is 12.5 Å². The molecule has 5 nitrogen and oxygen atoms in total. The second kappa shape index (κ2) is 14.7. The van der Waals surface area contributed by atoms with Crippen molar-refractivity contribution < 1.29 is 14.3 Å². The normalized spacial score (nSPS) is 12.0. The molecule has 0 aliphatic rings. The van der Waals surface area contributed by atoms with Crippen LogP contribution >= 0.6 is 0 Å². The molecule has 1 atom stereocenters. The molecule has 0 aliphatic carbocycles. The molecule has 2 rings (SSSR count). The first kappa shape index (κ1) is 25.0. The van der Waals surface area contributed by atoms with Crippen LogP contribution in [0, 0.1) is 5.92 Å². The number of hydrogen-bond donors (Lipinski definition) is 0. The number of nitrogens with zero attached hydrogens (tertiary/aromatic N) is 2. The smallest absolute Gasteiger partial charge is 0.316 e. The van der Waals surface area contributed by atoms with Gasteiger partial charge in [0.2, 0.25) is 0 Å². The van der Waals surface area contributed by atoms with Crippen LogP contribution < -0.4 is 4.74 Å². The van der Waals surface area contributed by atoms with E-state index in [4.69, 9.17) is 9.47 Å². The molecule has 5 heteroatoms. The van der Waals surface area contributed by atoms with Crippen LogP contribution in [0.5, 0.6) is 5.75 Å². The standard InChI is InChI=1S/C26H38N2O3/c1-4-6-8-9-11-17-30-20-21(3)26(29)31-24-15-13-23(14-16-24)25-27-18-22(19-28-25)12-10-7-5-2/h13-16,18-19,21H,4-12,17,20H2,1-3H3. The number of hydrogen-bond acceptors (Lipinski definition) is 5. The van der Waals surface area contributed by atoms with Crippen LogP contribution in [-0.4, -0.2) is 29.2 Å². The average Bonchev–Trinajstić information content (AvgIpc) is 2.79. The third kappa shape index (κ3) is 9.60.